The summed E-state index contributed by atoms with van der Waals surface area (Å²) in [6.07, 6.45) is 0. The number of carboxylic acid groups (broad SMARTS) is 5. The largest absolute Gasteiger partial charge is 1.00 e. The molecule has 17 heteroatoms. The number of carbonyl (C=O) groups is 5. The molecule has 0 aromatic rings. The number of carbonyl (C=O) groups excluding carboxylic acids is 2. The van der Waals surface area contributed by atoms with Crippen molar-refractivity contribution in [3.05, 3.63) is 0 Å². The molecular weight excluding hydrogens is 488 g/mol. The van der Waals surface area contributed by atoms with E-state index in [9.17, 15) is 34.2 Å². The number of hydrogen-bond donors (Lipinski definition) is 3. The molecule has 0 aromatic carbocycles. The first-order chi connectivity index (χ1) is 12.5. The van der Waals surface area contributed by atoms with Gasteiger partial charge in [0.2, 0.25) is 0 Å². The zero-order valence-electron chi connectivity index (χ0n) is 17.3. The average molecular weight is 511 g/mol. The van der Waals surface area contributed by atoms with Gasteiger partial charge in [-0.25, -0.2) is 0 Å². The van der Waals surface area contributed by atoms with Crippen LogP contribution in [-0.2, 0) is 41.0 Å². The van der Waals surface area contributed by atoms with E-state index in [-0.39, 0.29) is 108 Å². The topological polar surface area (TPSA) is 233 Å². The molecular formula is C14H23FeN3Na2O11. The predicted octanol–water partition coefficient (Wildman–Crippen LogP) is -12.2. The van der Waals surface area contributed by atoms with E-state index in [1.54, 1.807) is 0 Å². The average Bonchev–Trinajstić information content (AvgIpc) is 2.46. The minimum absolute atomic E-state index is 0. The molecule has 0 heterocycles. The van der Waals surface area contributed by atoms with E-state index in [0.29, 0.717) is 0 Å². The summed E-state index contributed by atoms with van der Waals surface area (Å²) in [6.45, 7) is -3.29. The summed E-state index contributed by atoms with van der Waals surface area (Å²) in [4.78, 5) is 57.1. The zero-order chi connectivity index (χ0) is 21.0. The van der Waals surface area contributed by atoms with E-state index < -0.39 is 62.6 Å². The van der Waals surface area contributed by atoms with Gasteiger partial charge in [0.25, 0.3) is 0 Å². The Kier molecular flexibility index (Phi) is 30.3. The van der Waals surface area contributed by atoms with E-state index in [4.69, 9.17) is 15.3 Å². The van der Waals surface area contributed by atoms with Gasteiger partial charge in [-0.2, -0.15) is 0 Å². The van der Waals surface area contributed by atoms with Gasteiger partial charge < -0.3 is 40.6 Å². The van der Waals surface area contributed by atoms with E-state index >= 15 is 0 Å². The number of aliphatic carboxylic acids is 5. The number of rotatable bonds is 16. The molecule has 0 spiro atoms. The fraction of sp³-hybridized carbons (Fsp3) is 0.643. The van der Waals surface area contributed by atoms with Crippen LogP contribution in [0.1, 0.15) is 0 Å². The van der Waals surface area contributed by atoms with Crippen molar-refractivity contribution in [1.82, 2.24) is 14.7 Å². The van der Waals surface area contributed by atoms with Crippen LogP contribution in [0.3, 0.4) is 0 Å². The summed E-state index contributed by atoms with van der Waals surface area (Å²) < 4.78 is 0. The third-order valence-corrected chi connectivity index (χ3v) is 3.25. The van der Waals surface area contributed by atoms with E-state index in [1.807, 2.05) is 0 Å². The van der Waals surface area contributed by atoms with Crippen molar-refractivity contribution in [2.24, 2.45) is 0 Å². The molecule has 0 aliphatic carbocycles. The van der Waals surface area contributed by atoms with Crippen molar-refractivity contribution in [2.45, 2.75) is 0 Å². The normalized spacial score (nSPS) is 9.65. The summed E-state index contributed by atoms with van der Waals surface area (Å²) in [5, 5.41) is 47.8. The van der Waals surface area contributed by atoms with Crippen molar-refractivity contribution in [2.75, 3.05) is 58.9 Å². The number of carboxylic acids is 5. The summed E-state index contributed by atoms with van der Waals surface area (Å²) in [6, 6.07) is 0. The van der Waals surface area contributed by atoms with E-state index in [2.05, 4.69) is 0 Å². The van der Waals surface area contributed by atoms with Gasteiger partial charge >= 0.3 is 77.0 Å². The molecule has 0 fully saturated rings. The maximum atomic E-state index is 10.9. The summed E-state index contributed by atoms with van der Waals surface area (Å²) >= 11 is 0. The predicted molar refractivity (Wildman–Crippen MR) is 85.9 cm³/mol. The Hall–Kier alpha value is -0.291. The maximum Gasteiger partial charge on any atom is 1.00 e. The Morgan fingerprint density at radius 2 is 0.774 bits per heavy atom. The molecule has 0 rings (SSSR count). The quantitative estimate of drug-likeness (QED) is 0.164. The number of hydrogen-bond acceptors (Lipinski definition) is 10. The molecule has 31 heavy (non-hydrogen) atoms. The van der Waals surface area contributed by atoms with Crippen LogP contribution in [0.2, 0.25) is 0 Å². The molecule has 0 atom stereocenters. The van der Waals surface area contributed by atoms with Gasteiger partial charge in [-0.05, 0) is 0 Å². The minimum atomic E-state index is -1.52. The maximum absolute atomic E-state index is 10.9. The molecule has 0 saturated carbocycles. The van der Waals surface area contributed by atoms with Gasteiger partial charge in [-0.3, -0.25) is 29.1 Å². The van der Waals surface area contributed by atoms with Crippen molar-refractivity contribution in [3.8, 4) is 0 Å². The Balaban J connectivity index is -0.000000563. The van der Waals surface area contributed by atoms with Crippen LogP contribution in [-0.4, -0.2) is 124 Å². The SMILES string of the molecule is O.O=C([O-])CN(CCN(CCN(CC(=O)O)CC(=O)O)CC(=O)O)CC(=O)[O-].[Fe].[Na+].[Na+]. The molecule has 0 aliphatic heterocycles. The third-order valence-electron chi connectivity index (χ3n) is 3.25. The molecule has 0 bridgehead atoms. The summed E-state index contributed by atoms with van der Waals surface area (Å²) in [5.74, 6) is -6.76. The van der Waals surface area contributed by atoms with Gasteiger partial charge in [-0.15, -0.1) is 0 Å². The van der Waals surface area contributed by atoms with E-state index in [0.717, 1.165) is 9.80 Å². The summed E-state index contributed by atoms with van der Waals surface area (Å²) in [5.41, 5.74) is 0. The van der Waals surface area contributed by atoms with Crippen LogP contribution in [0.5, 0.6) is 0 Å². The number of nitrogens with zero attached hydrogens (tertiary/aromatic N) is 3. The standard InChI is InChI=1S/C14H23N3O10.Fe.2Na.H2O/c18-10(19)5-15(1-3-16(6-11(20)21)7-12(22)23)2-4-17(8-13(24)25)9-14(26)27;;;;/h1-9H2,(H,18,19)(H,20,21)(H,22,23)(H,24,25)(H,26,27);;;;1H2/q;;2*+1;/p-2. The molecule has 5 N–H and O–H groups in total. The molecule has 0 amide bonds. The van der Waals surface area contributed by atoms with Crippen LogP contribution < -0.4 is 69.3 Å². The van der Waals surface area contributed by atoms with Crippen LogP contribution in [0.25, 0.3) is 0 Å². The fourth-order valence-corrected chi connectivity index (χ4v) is 2.20. The molecule has 0 unspecified atom stereocenters. The summed E-state index contributed by atoms with van der Waals surface area (Å²) in [7, 11) is 0. The van der Waals surface area contributed by atoms with Gasteiger partial charge in [-0.1, -0.05) is 0 Å². The van der Waals surface area contributed by atoms with Crippen molar-refractivity contribution >= 4 is 29.8 Å². The van der Waals surface area contributed by atoms with Gasteiger partial charge in [0.15, 0.2) is 0 Å². The second-order valence-corrected chi connectivity index (χ2v) is 5.62. The van der Waals surface area contributed by atoms with Crippen molar-refractivity contribution < 1.29 is 131 Å². The molecule has 0 radical (unpaired) electrons. The van der Waals surface area contributed by atoms with Crippen LogP contribution in [0, 0.1) is 0 Å². The Morgan fingerprint density at radius 3 is 1.03 bits per heavy atom. The second-order valence-electron chi connectivity index (χ2n) is 5.62. The van der Waals surface area contributed by atoms with Gasteiger partial charge in [0.1, 0.15) is 0 Å². The monoisotopic (exact) mass is 511 g/mol. The smallest absolute Gasteiger partial charge is 0.549 e. The Morgan fingerprint density at radius 1 is 0.548 bits per heavy atom. The van der Waals surface area contributed by atoms with Crippen molar-refractivity contribution in [1.29, 1.82) is 0 Å². The van der Waals surface area contributed by atoms with E-state index in [1.165, 1.54) is 4.90 Å². The van der Waals surface area contributed by atoms with Crippen molar-refractivity contribution in [3.63, 3.8) is 0 Å². The van der Waals surface area contributed by atoms with Gasteiger partial charge in [0.05, 0.1) is 31.6 Å². The molecule has 14 nitrogen and oxygen atoms in total. The van der Waals surface area contributed by atoms with Crippen LogP contribution >= 0.6 is 0 Å². The first-order valence-corrected chi connectivity index (χ1v) is 7.71. The van der Waals surface area contributed by atoms with Crippen LogP contribution in [0.15, 0.2) is 0 Å². The third kappa shape index (κ3) is 25.8. The molecule has 0 aliphatic rings. The molecule has 170 valence electrons. The van der Waals surface area contributed by atoms with Gasteiger partial charge in [0, 0.05) is 56.3 Å². The first-order valence-electron chi connectivity index (χ1n) is 7.71. The zero-order valence-corrected chi connectivity index (χ0v) is 22.4. The Bertz CT molecular complexity index is 500. The molecule has 0 saturated heterocycles. The second kappa shape index (κ2) is 22.9. The molecule has 0 aromatic heterocycles. The minimum Gasteiger partial charge on any atom is -0.549 e. The Labute approximate surface area is 232 Å². The first kappa shape index (κ1) is 41.0. The van der Waals surface area contributed by atoms with Crippen LogP contribution in [0.4, 0.5) is 0 Å². The fourth-order valence-electron chi connectivity index (χ4n) is 2.20.